The van der Waals surface area contributed by atoms with Gasteiger partial charge in [-0.25, -0.2) is 0 Å². The summed E-state index contributed by atoms with van der Waals surface area (Å²) in [6.45, 7) is 4.95. The summed E-state index contributed by atoms with van der Waals surface area (Å²) in [6.07, 6.45) is 3.55. The minimum atomic E-state index is -0.0784. The lowest BCUT2D eigenvalue weighted by molar-refractivity contribution is 0.111. The monoisotopic (exact) mass is 227 g/mol. The first-order valence-electron chi connectivity index (χ1n) is 6.34. The van der Waals surface area contributed by atoms with Crippen LogP contribution in [0, 0.1) is 0 Å². The second-order valence-electron chi connectivity index (χ2n) is 5.64. The van der Waals surface area contributed by atoms with Gasteiger partial charge in [-0.05, 0) is 46.4 Å². The third-order valence-corrected chi connectivity index (χ3v) is 3.96. The summed E-state index contributed by atoms with van der Waals surface area (Å²) in [5.74, 6) is 0. The quantitative estimate of drug-likeness (QED) is 0.744. The number of hydrogen-bond acceptors (Lipinski definition) is 4. The maximum Gasteiger partial charge on any atom is 0.0659 e. The Balaban J connectivity index is 1.76. The average Bonchev–Trinajstić information content (AvgIpc) is 2.65. The molecule has 0 saturated carbocycles. The van der Waals surface area contributed by atoms with Crippen LogP contribution in [-0.2, 0) is 4.74 Å². The summed E-state index contributed by atoms with van der Waals surface area (Å²) in [7, 11) is 4.35. The highest BCUT2D eigenvalue weighted by Crippen LogP contribution is 2.20. The van der Waals surface area contributed by atoms with Gasteiger partial charge in [-0.2, -0.15) is 0 Å². The van der Waals surface area contributed by atoms with Crippen molar-refractivity contribution in [1.29, 1.82) is 0 Å². The molecule has 0 aromatic carbocycles. The van der Waals surface area contributed by atoms with Crippen molar-refractivity contribution in [2.45, 2.75) is 30.8 Å². The zero-order valence-corrected chi connectivity index (χ0v) is 10.6. The van der Waals surface area contributed by atoms with Crippen LogP contribution in [0.1, 0.15) is 19.3 Å². The molecule has 2 rings (SSSR count). The van der Waals surface area contributed by atoms with E-state index in [9.17, 15) is 0 Å². The molecule has 1 atom stereocenters. The largest absolute Gasteiger partial charge is 0.379 e. The van der Waals surface area contributed by atoms with E-state index in [0.29, 0.717) is 0 Å². The van der Waals surface area contributed by atoms with E-state index in [-0.39, 0.29) is 5.54 Å². The molecule has 4 nitrogen and oxygen atoms in total. The number of ether oxygens (including phenoxy) is 1. The summed E-state index contributed by atoms with van der Waals surface area (Å²) in [6, 6.07) is 0.754. The molecule has 0 radical (unpaired) electrons. The first-order chi connectivity index (χ1) is 7.59. The van der Waals surface area contributed by atoms with Gasteiger partial charge in [0.15, 0.2) is 0 Å². The van der Waals surface area contributed by atoms with Gasteiger partial charge in [-0.1, -0.05) is 0 Å². The van der Waals surface area contributed by atoms with Gasteiger partial charge in [0.1, 0.15) is 0 Å². The van der Waals surface area contributed by atoms with Crippen LogP contribution in [0.5, 0.6) is 0 Å². The molecule has 2 aliphatic heterocycles. The maximum absolute atomic E-state index is 6.31. The summed E-state index contributed by atoms with van der Waals surface area (Å²) in [5.41, 5.74) is 6.23. The normalized spacial score (nSPS) is 33.8. The number of piperidine rings is 1. The molecule has 0 amide bonds. The van der Waals surface area contributed by atoms with Gasteiger partial charge in [0.05, 0.1) is 12.1 Å². The second-order valence-corrected chi connectivity index (χ2v) is 5.64. The molecule has 2 aliphatic rings. The highest BCUT2D eigenvalue weighted by Gasteiger charge is 2.33. The number of nitrogens with zero attached hydrogens (tertiary/aromatic N) is 2. The van der Waals surface area contributed by atoms with Crippen LogP contribution in [-0.4, -0.2) is 68.3 Å². The smallest absolute Gasteiger partial charge is 0.0659 e. The van der Waals surface area contributed by atoms with Crippen LogP contribution in [0.2, 0.25) is 0 Å². The van der Waals surface area contributed by atoms with Crippen LogP contribution in [0.3, 0.4) is 0 Å². The lowest BCUT2D eigenvalue weighted by Crippen LogP contribution is -2.53. The fraction of sp³-hybridized carbons (Fsp3) is 1.00. The number of likely N-dealkylation sites (tertiary alicyclic amines) is 1. The van der Waals surface area contributed by atoms with Crippen molar-refractivity contribution in [2.24, 2.45) is 5.73 Å². The van der Waals surface area contributed by atoms with Crippen molar-refractivity contribution in [3.8, 4) is 0 Å². The molecule has 2 saturated heterocycles. The third kappa shape index (κ3) is 2.94. The number of nitrogens with two attached hydrogens (primary N) is 1. The van der Waals surface area contributed by atoms with Crippen LogP contribution >= 0.6 is 0 Å². The van der Waals surface area contributed by atoms with Gasteiger partial charge < -0.3 is 20.3 Å². The Hall–Kier alpha value is -0.160. The third-order valence-electron chi connectivity index (χ3n) is 3.96. The Kier molecular flexibility index (Phi) is 3.85. The van der Waals surface area contributed by atoms with Crippen LogP contribution in [0.4, 0.5) is 0 Å². The summed E-state index contributed by atoms with van der Waals surface area (Å²) < 4.78 is 5.40. The summed E-state index contributed by atoms with van der Waals surface area (Å²) in [5, 5.41) is 0. The standard InChI is InChI=1S/C12H25N3O/c1-14(2)11-3-6-15(7-4-11)9-12(13)5-8-16-10-12/h11H,3-10,13H2,1-2H3. The molecular formula is C12H25N3O. The molecule has 0 aliphatic carbocycles. The Morgan fingerprint density at radius 2 is 2.06 bits per heavy atom. The highest BCUT2D eigenvalue weighted by molar-refractivity contribution is 4.92. The van der Waals surface area contributed by atoms with Crippen LogP contribution in [0.25, 0.3) is 0 Å². The summed E-state index contributed by atoms with van der Waals surface area (Å²) >= 11 is 0. The van der Waals surface area contributed by atoms with Crippen LogP contribution in [0.15, 0.2) is 0 Å². The van der Waals surface area contributed by atoms with Gasteiger partial charge in [0, 0.05) is 19.2 Å². The molecule has 2 fully saturated rings. The van der Waals surface area contributed by atoms with Crippen molar-refractivity contribution in [3.63, 3.8) is 0 Å². The Morgan fingerprint density at radius 3 is 2.56 bits per heavy atom. The molecule has 0 spiro atoms. The molecule has 16 heavy (non-hydrogen) atoms. The van der Waals surface area contributed by atoms with E-state index in [1.165, 1.54) is 25.9 Å². The Morgan fingerprint density at radius 1 is 1.38 bits per heavy atom. The second kappa shape index (κ2) is 5.00. The van der Waals surface area contributed by atoms with E-state index < -0.39 is 0 Å². The lowest BCUT2D eigenvalue weighted by Gasteiger charge is -2.38. The van der Waals surface area contributed by atoms with E-state index in [2.05, 4.69) is 23.9 Å². The molecular weight excluding hydrogens is 202 g/mol. The molecule has 0 aromatic rings. The van der Waals surface area contributed by atoms with E-state index >= 15 is 0 Å². The van der Waals surface area contributed by atoms with Gasteiger partial charge >= 0.3 is 0 Å². The van der Waals surface area contributed by atoms with Crippen molar-refractivity contribution < 1.29 is 4.74 Å². The topological polar surface area (TPSA) is 41.7 Å². The highest BCUT2D eigenvalue weighted by atomic mass is 16.5. The van der Waals surface area contributed by atoms with Gasteiger partial charge in [-0.15, -0.1) is 0 Å². The van der Waals surface area contributed by atoms with Crippen molar-refractivity contribution in [3.05, 3.63) is 0 Å². The zero-order valence-electron chi connectivity index (χ0n) is 10.6. The van der Waals surface area contributed by atoms with Crippen LogP contribution < -0.4 is 5.73 Å². The fourth-order valence-electron chi connectivity index (χ4n) is 2.79. The molecule has 94 valence electrons. The first kappa shape index (κ1) is 12.3. The molecule has 4 heteroatoms. The van der Waals surface area contributed by atoms with Gasteiger partial charge in [0.2, 0.25) is 0 Å². The predicted molar refractivity (Wildman–Crippen MR) is 65.5 cm³/mol. The summed E-state index contributed by atoms with van der Waals surface area (Å²) in [4.78, 5) is 4.85. The predicted octanol–water partition coefficient (Wildman–Crippen LogP) is 0.130. The minimum absolute atomic E-state index is 0.0784. The first-order valence-corrected chi connectivity index (χ1v) is 6.34. The Labute approximate surface area is 98.7 Å². The molecule has 1 unspecified atom stereocenters. The molecule has 2 heterocycles. The van der Waals surface area contributed by atoms with E-state index in [4.69, 9.17) is 10.5 Å². The molecule has 2 N–H and O–H groups in total. The number of rotatable bonds is 3. The van der Waals surface area contributed by atoms with E-state index in [1.807, 2.05) is 0 Å². The van der Waals surface area contributed by atoms with Gasteiger partial charge in [-0.3, -0.25) is 0 Å². The molecule has 0 aromatic heterocycles. The van der Waals surface area contributed by atoms with Gasteiger partial charge in [0.25, 0.3) is 0 Å². The van der Waals surface area contributed by atoms with E-state index in [1.54, 1.807) is 0 Å². The molecule has 0 bridgehead atoms. The van der Waals surface area contributed by atoms with Crippen molar-refractivity contribution in [2.75, 3.05) is 46.9 Å². The van der Waals surface area contributed by atoms with Crippen molar-refractivity contribution >= 4 is 0 Å². The average molecular weight is 227 g/mol. The Bertz CT molecular complexity index is 218. The SMILES string of the molecule is CN(C)C1CCN(CC2(N)CCOC2)CC1. The lowest BCUT2D eigenvalue weighted by atomic mass is 9.97. The minimum Gasteiger partial charge on any atom is -0.379 e. The maximum atomic E-state index is 6.31. The van der Waals surface area contributed by atoms with Crippen molar-refractivity contribution in [1.82, 2.24) is 9.80 Å². The number of hydrogen-bond donors (Lipinski definition) is 1. The zero-order chi connectivity index (χ0) is 11.6. The fourth-order valence-corrected chi connectivity index (χ4v) is 2.79. The van der Waals surface area contributed by atoms with E-state index in [0.717, 1.165) is 32.2 Å².